The zero-order valence-corrected chi connectivity index (χ0v) is 20.0. The van der Waals surface area contributed by atoms with Gasteiger partial charge in [0, 0.05) is 45.6 Å². The highest BCUT2D eigenvalue weighted by atomic mass is 127. The largest absolute Gasteiger partial charge is 0.356 e. The molecule has 3 rings (SSSR count). The lowest BCUT2D eigenvalue weighted by atomic mass is 9.98. The third kappa shape index (κ3) is 7.97. The van der Waals surface area contributed by atoms with Crippen molar-refractivity contribution in [3.63, 3.8) is 0 Å². The summed E-state index contributed by atoms with van der Waals surface area (Å²) in [5.41, 5.74) is 2.76. The standard InChI is InChI=1S/C22H34N6.HI/c1-19-9-15-27(16-10-19)18-21-8-4-3-7-20(21)17-25-22(23-2)24-11-5-13-28-14-6-12-26-28;/h3-4,6-8,12,14,19H,5,9-11,13,15-18H2,1-2H3,(H2,23,24,25);1H. The van der Waals surface area contributed by atoms with Crippen molar-refractivity contribution in [3.05, 3.63) is 53.9 Å². The number of likely N-dealkylation sites (tertiary alicyclic amines) is 1. The highest BCUT2D eigenvalue weighted by molar-refractivity contribution is 14.0. The minimum Gasteiger partial charge on any atom is -0.356 e. The third-order valence-corrected chi connectivity index (χ3v) is 5.47. The molecule has 1 saturated heterocycles. The van der Waals surface area contributed by atoms with Crippen LogP contribution in [0.4, 0.5) is 0 Å². The Morgan fingerprint density at radius 1 is 1.14 bits per heavy atom. The van der Waals surface area contributed by atoms with Crippen molar-refractivity contribution in [1.82, 2.24) is 25.3 Å². The van der Waals surface area contributed by atoms with Gasteiger partial charge in [0.2, 0.25) is 0 Å². The van der Waals surface area contributed by atoms with Crippen LogP contribution >= 0.6 is 24.0 Å². The predicted molar refractivity (Wildman–Crippen MR) is 131 cm³/mol. The Bertz CT molecular complexity index is 723. The van der Waals surface area contributed by atoms with Crippen molar-refractivity contribution in [2.45, 2.75) is 45.8 Å². The second kappa shape index (κ2) is 12.8. The summed E-state index contributed by atoms with van der Waals surface area (Å²) >= 11 is 0. The van der Waals surface area contributed by atoms with Gasteiger partial charge in [-0.3, -0.25) is 14.6 Å². The molecule has 6 nitrogen and oxygen atoms in total. The van der Waals surface area contributed by atoms with Crippen molar-refractivity contribution in [2.75, 3.05) is 26.7 Å². The number of benzene rings is 1. The number of nitrogens with one attached hydrogen (secondary N) is 2. The molecule has 1 aromatic heterocycles. The molecule has 0 aliphatic carbocycles. The van der Waals surface area contributed by atoms with Crippen LogP contribution < -0.4 is 10.6 Å². The summed E-state index contributed by atoms with van der Waals surface area (Å²) in [6.07, 6.45) is 7.44. The van der Waals surface area contributed by atoms with Crippen LogP contribution in [0.2, 0.25) is 0 Å². The SMILES string of the molecule is CN=C(NCCCn1cccn1)NCc1ccccc1CN1CCC(C)CC1.I. The monoisotopic (exact) mass is 510 g/mol. The Hall–Kier alpha value is -1.61. The van der Waals surface area contributed by atoms with E-state index in [0.717, 1.165) is 44.5 Å². The van der Waals surface area contributed by atoms with Gasteiger partial charge in [0.1, 0.15) is 0 Å². The summed E-state index contributed by atoms with van der Waals surface area (Å²) < 4.78 is 1.95. The summed E-state index contributed by atoms with van der Waals surface area (Å²) in [5.74, 6) is 1.72. The summed E-state index contributed by atoms with van der Waals surface area (Å²) in [6, 6.07) is 10.7. The average molecular weight is 510 g/mol. The molecule has 0 amide bonds. The molecule has 1 aromatic carbocycles. The molecule has 0 spiro atoms. The number of aliphatic imine (C=N–C) groups is 1. The topological polar surface area (TPSA) is 57.5 Å². The van der Waals surface area contributed by atoms with Gasteiger partial charge < -0.3 is 10.6 Å². The molecular formula is C22H35IN6. The molecular weight excluding hydrogens is 475 g/mol. The van der Waals surface area contributed by atoms with Gasteiger partial charge in [-0.15, -0.1) is 24.0 Å². The first-order valence-corrected chi connectivity index (χ1v) is 10.5. The first-order valence-electron chi connectivity index (χ1n) is 10.5. The van der Waals surface area contributed by atoms with Crippen molar-refractivity contribution in [1.29, 1.82) is 0 Å². The molecule has 2 aromatic rings. The van der Waals surface area contributed by atoms with Crippen LogP contribution in [0.15, 0.2) is 47.7 Å². The maximum atomic E-state index is 4.35. The number of hydrogen-bond acceptors (Lipinski definition) is 3. The van der Waals surface area contributed by atoms with Gasteiger partial charge in [-0.1, -0.05) is 31.2 Å². The van der Waals surface area contributed by atoms with Gasteiger partial charge in [-0.05, 0) is 55.5 Å². The molecule has 0 bridgehead atoms. The Morgan fingerprint density at radius 2 is 1.90 bits per heavy atom. The number of guanidine groups is 1. The second-order valence-electron chi connectivity index (χ2n) is 7.70. The van der Waals surface area contributed by atoms with E-state index < -0.39 is 0 Å². The Morgan fingerprint density at radius 3 is 2.59 bits per heavy atom. The molecule has 1 fully saturated rings. The van der Waals surface area contributed by atoms with Gasteiger partial charge >= 0.3 is 0 Å². The maximum absolute atomic E-state index is 4.35. The van der Waals surface area contributed by atoms with Crippen molar-refractivity contribution < 1.29 is 0 Å². The van der Waals surface area contributed by atoms with E-state index in [9.17, 15) is 0 Å². The van der Waals surface area contributed by atoms with Crippen molar-refractivity contribution >= 4 is 29.9 Å². The molecule has 0 unspecified atom stereocenters. The smallest absolute Gasteiger partial charge is 0.191 e. The van der Waals surface area contributed by atoms with E-state index in [1.165, 1.54) is 37.1 Å². The zero-order chi connectivity index (χ0) is 19.6. The van der Waals surface area contributed by atoms with Gasteiger partial charge in [-0.2, -0.15) is 5.10 Å². The average Bonchev–Trinajstić information content (AvgIpc) is 3.24. The highest BCUT2D eigenvalue weighted by Crippen LogP contribution is 2.19. The Balaban J connectivity index is 0.00000300. The molecule has 7 heteroatoms. The fourth-order valence-electron chi connectivity index (χ4n) is 3.63. The van der Waals surface area contributed by atoms with Crippen LogP contribution in [0.3, 0.4) is 0 Å². The van der Waals surface area contributed by atoms with E-state index in [-0.39, 0.29) is 24.0 Å². The van der Waals surface area contributed by atoms with E-state index in [2.05, 4.69) is 56.8 Å². The Labute approximate surface area is 192 Å². The Kier molecular flexibility index (Phi) is 10.5. The van der Waals surface area contributed by atoms with Crippen LogP contribution in [-0.4, -0.2) is 47.3 Å². The van der Waals surface area contributed by atoms with Crippen LogP contribution in [-0.2, 0) is 19.6 Å². The number of hydrogen-bond donors (Lipinski definition) is 2. The quantitative estimate of drug-likeness (QED) is 0.247. The normalized spacial score (nSPS) is 15.7. The first-order chi connectivity index (χ1) is 13.7. The zero-order valence-electron chi connectivity index (χ0n) is 17.7. The number of halogens is 1. The fourth-order valence-corrected chi connectivity index (χ4v) is 3.63. The van der Waals surface area contributed by atoms with E-state index in [0.29, 0.717) is 0 Å². The van der Waals surface area contributed by atoms with Crippen LogP contribution in [0.5, 0.6) is 0 Å². The lowest BCUT2D eigenvalue weighted by molar-refractivity contribution is 0.185. The number of aryl methyl sites for hydroxylation is 1. The van der Waals surface area contributed by atoms with Crippen LogP contribution in [0.1, 0.15) is 37.3 Å². The van der Waals surface area contributed by atoms with E-state index in [1.807, 2.05) is 30.2 Å². The molecule has 29 heavy (non-hydrogen) atoms. The molecule has 1 aliphatic rings. The van der Waals surface area contributed by atoms with E-state index >= 15 is 0 Å². The second-order valence-corrected chi connectivity index (χ2v) is 7.70. The molecule has 1 aliphatic heterocycles. The minimum absolute atomic E-state index is 0. The van der Waals surface area contributed by atoms with Crippen LogP contribution in [0, 0.1) is 5.92 Å². The first kappa shape index (κ1) is 23.7. The van der Waals surface area contributed by atoms with Gasteiger partial charge in [0.25, 0.3) is 0 Å². The molecule has 0 atom stereocenters. The number of rotatable bonds is 8. The molecule has 2 heterocycles. The van der Waals surface area contributed by atoms with Crippen molar-refractivity contribution in [3.8, 4) is 0 Å². The number of piperidine rings is 1. The number of nitrogens with zero attached hydrogens (tertiary/aromatic N) is 4. The van der Waals surface area contributed by atoms with Crippen molar-refractivity contribution in [2.24, 2.45) is 10.9 Å². The highest BCUT2D eigenvalue weighted by Gasteiger charge is 2.16. The van der Waals surface area contributed by atoms with Gasteiger partial charge in [0.05, 0.1) is 0 Å². The lowest BCUT2D eigenvalue weighted by Gasteiger charge is -2.30. The fraction of sp³-hybridized carbons (Fsp3) is 0.545. The van der Waals surface area contributed by atoms with Crippen LogP contribution in [0.25, 0.3) is 0 Å². The third-order valence-electron chi connectivity index (χ3n) is 5.47. The lowest BCUT2D eigenvalue weighted by Crippen LogP contribution is -2.38. The molecule has 0 radical (unpaired) electrons. The van der Waals surface area contributed by atoms with E-state index in [1.54, 1.807) is 0 Å². The predicted octanol–water partition coefficient (Wildman–Crippen LogP) is 3.49. The van der Waals surface area contributed by atoms with Gasteiger partial charge in [-0.25, -0.2) is 0 Å². The van der Waals surface area contributed by atoms with Gasteiger partial charge in [0.15, 0.2) is 5.96 Å². The minimum atomic E-state index is 0. The summed E-state index contributed by atoms with van der Waals surface area (Å²) in [4.78, 5) is 6.94. The summed E-state index contributed by atoms with van der Waals surface area (Å²) in [7, 11) is 1.82. The molecule has 160 valence electrons. The summed E-state index contributed by atoms with van der Waals surface area (Å²) in [5, 5.41) is 11.1. The molecule has 0 saturated carbocycles. The number of aromatic nitrogens is 2. The summed E-state index contributed by atoms with van der Waals surface area (Å²) in [6.45, 7) is 8.40. The van der Waals surface area contributed by atoms with E-state index in [4.69, 9.17) is 0 Å². The molecule has 2 N–H and O–H groups in total. The maximum Gasteiger partial charge on any atom is 0.191 e.